The highest BCUT2D eigenvalue weighted by Crippen LogP contribution is 2.25. The molecule has 0 saturated carbocycles. The van der Waals surface area contributed by atoms with Crippen LogP contribution in [0.3, 0.4) is 0 Å². The Balaban J connectivity index is 1.80. The van der Waals surface area contributed by atoms with Gasteiger partial charge in [0.1, 0.15) is 17.4 Å². The Labute approximate surface area is 171 Å². The van der Waals surface area contributed by atoms with Gasteiger partial charge in [0.2, 0.25) is 5.91 Å². The first-order chi connectivity index (χ1) is 14.4. The number of carbonyl (C=O) groups excluding carboxylic acids is 1. The Morgan fingerprint density at radius 3 is 2.70 bits per heavy atom. The van der Waals surface area contributed by atoms with E-state index in [0.29, 0.717) is 23.0 Å². The number of carbonyl (C=O) groups is 1. The highest BCUT2D eigenvalue weighted by atomic mass is 19.1. The number of aromatic nitrogens is 5. The molecule has 0 bridgehead atoms. The molecule has 3 aromatic heterocycles. The number of hydrogen-bond acceptors (Lipinski definition) is 6. The molecule has 0 spiro atoms. The number of amides is 1. The number of nitrogens with one attached hydrogen (secondary N) is 3. The van der Waals surface area contributed by atoms with Crippen molar-refractivity contribution in [1.29, 1.82) is 0 Å². The summed E-state index contributed by atoms with van der Waals surface area (Å²) in [4.78, 5) is 17.0. The predicted octanol–water partition coefficient (Wildman–Crippen LogP) is 2.20. The number of rotatable bonds is 6. The lowest BCUT2D eigenvalue weighted by molar-refractivity contribution is -0.122. The third-order valence-corrected chi connectivity index (χ3v) is 4.52. The van der Waals surface area contributed by atoms with Gasteiger partial charge in [-0.15, -0.1) is 5.10 Å². The summed E-state index contributed by atoms with van der Waals surface area (Å²) in [6.07, 6.45) is 1.77. The molecule has 3 heterocycles. The molecule has 1 aromatic carbocycles. The van der Waals surface area contributed by atoms with Crippen molar-refractivity contribution in [2.45, 2.75) is 25.9 Å². The Bertz CT molecular complexity index is 1180. The lowest BCUT2D eigenvalue weighted by atomic mass is 10.1. The van der Waals surface area contributed by atoms with Crippen LogP contribution in [-0.2, 0) is 4.79 Å². The van der Waals surface area contributed by atoms with Gasteiger partial charge in [-0.25, -0.2) is 13.9 Å². The van der Waals surface area contributed by atoms with E-state index >= 15 is 0 Å². The summed E-state index contributed by atoms with van der Waals surface area (Å²) in [5.74, 6) is 0.665. The van der Waals surface area contributed by atoms with Crippen molar-refractivity contribution >= 4 is 23.1 Å². The molecule has 0 aliphatic carbocycles. The maximum absolute atomic E-state index is 13.5. The molecule has 0 aliphatic rings. The van der Waals surface area contributed by atoms with Crippen molar-refractivity contribution in [2.24, 2.45) is 5.73 Å². The van der Waals surface area contributed by atoms with Gasteiger partial charge in [-0.2, -0.15) is 5.10 Å². The maximum Gasteiger partial charge on any atom is 0.237 e. The Kier molecular flexibility index (Phi) is 5.15. The smallest absolute Gasteiger partial charge is 0.237 e. The number of fused-ring (bicyclic) bond motifs is 1. The number of aromatic amines is 1. The van der Waals surface area contributed by atoms with Gasteiger partial charge < -0.3 is 16.4 Å². The van der Waals surface area contributed by atoms with Crippen molar-refractivity contribution in [3.8, 4) is 0 Å². The molecular formula is C20H21FN8O. The fourth-order valence-corrected chi connectivity index (χ4v) is 3.00. The van der Waals surface area contributed by atoms with E-state index in [1.165, 1.54) is 12.1 Å². The van der Waals surface area contributed by atoms with Crippen molar-refractivity contribution in [3.05, 3.63) is 71.6 Å². The molecule has 0 aliphatic heterocycles. The van der Waals surface area contributed by atoms with Crippen LogP contribution in [0.15, 0.2) is 48.7 Å². The minimum absolute atomic E-state index is 0.314. The summed E-state index contributed by atoms with van der Waals surface area (Å²) < 4.78 is 15.1. The van der Waals surface area contributed by atoms with Crippen LogP contribution >= 0.6 is 0 Å². The minimum Gasteiger partial charge on any atom is -0.341 e. The molecule has 154 valence electrons. The maximum atomic E-state index is 13.5. The number of nitrogens with zero attached hydrogens (tertiary/aromatic N) is 4. The summed E-state index contributed by atoms with van der Waals surface area (Å²) >= 11 is 0. The van der Waals surface area contributed by atoms with Gasteiger partial charge >= 0.3 is 0 Å². The van der Waals surface area contributed by atoms with Gasteiger partial charge in [0, 0.05) is 18.0 Å². The van der Waals surface area contributed by atoms with Crippen LogP contribution in [0.1, 0.15) is 30.0 Å². The minimum atomic E-state index is -0.729. The quantitative estimate of drug-likeness (QED) is 0.387. The van der Waals surface area contributed by atoms with E-state index in [0.717, 1.165) is 11.2 Å². The second-order valence-corrected chi connectivity index (χ2v) is 7.00. The van der Waals surface area contributed by atoms with E-state index in [1.807, 2.05) is 25.1 Å². The van der Waals surface area contributed by atoms with Crippen LogP contribution in [-0.4, -0.2) is 36.7 Å². The van der Waals surface area contributed by atoms with Crippen LogP contribution in [0.2, 0.25) is 0 Å². The summed E-state index contributed by atoms with van der Waals surface area (Å²) in [6.45, 7) is 3.48. The van der Waals surface area contributed by atoms with E-state index < -0.39 is 12.1 Å². The zero-order valence-corrected chi connectivity index (χ0v) is 16.4. The molecule has 0 fully saturated rings. The van der Waals surface area contributed by atoms with E-state index in [9.17, 15) is 9.18 Å². The lowest BCUT2D eigenvalue weighted by Gasteiger charge is -2.20. The molecule has 10 heteroatoms. The van der Waals surface area contributed by atoms with Crippen LogP contribution in [0, 0.1) is 12.7 Å². The predicted molar refractivity (Wildman–Crippen MR) is 110 cm³/mol. The van der Waals surface area contributed by atoms with Crippen LogP contribution < -0.4 is 16.4 Å². The fourth-order valence-electron chi connectivity index (χ4n) is 3.00. The van der Waals surface area contributed by atoms with Crippen molar-refractivity contribution in [3.63, 3.8) is 0 Å². The van der Waals surface area contributed by atoms with E-state index in [4.69, 9.17) is 5.73 Å². The molecule has 0 saturated heterocycles. The van der Waals surface area contributed by atoms with E-state index in [2.05, 4.69) is 30.9 Å². The van der Waals surface area contributed by atoms with Crippen molar-refractivity contribution in [1.82, 2.24) is 30.1 Å². The second kappa shape index (κ2) is 7.91. The molecule has 1 unspecified atom stereocenters. The summed E-state index contributed by atoms with van der Waals surface area (Å²) in [6, 6.07) is 9.88. The van der Waals surface area contributed by atoms with Gasteiger partial charge in [0.05, 0.1) is 6.04 Å². The average molecular weight is 408 g/mol. The number of benzene rings is 1. The number of hydrogen-bond donors (Lipinski definition) is 4. The van der Waals surface area contributed by atoms with Gasteiger partial charge in [-0.1, -0.05) is 12.1 Å². The number of nitrogens with two attached hydrogens (primary N) is 1. The number of halogens is 1. The van der Waals surface area contributed by atoms with Crippen molar-refractivity contribution < 1.29 is 9.18 Å². The van der Waals surface area contributed by atoms with E-state index in [1.54, 1.807) is 29.8 Å². The number of aryl methyl sites for hydroxylation is 1. The normalized spacial score (nSPS) is 13.2. The number of anilines is 2. The molecule has 2 atom stereocenters. The molecule has 5 N–H and O–H groups in total. The Morgan fingerprint density at radius 1 is 1.27 bits per heavy atom. The monoisotopic (exact) mass is 408 g/mol. The molecule has 1 amide bonds. The SMILES string of the molecule is Cc1cc(Nc2nc(C(NC(=O)[C@H](C)N)c3ccc(F)cc3)nn3cccc23)n[nH]1. The first-order valence-electron chi connectivity index (χ1n) is 9.36. The largest absolute Gasteiger partial charge is 0.341 e. The highest BCUT2D eigenvalue weighted by Gasteiger charge is 2.23. The second-order valence-electron chi connectivity index (χ2n) is 7.00. The first-order valence-corrected chi connectivity index (χ1v) is 9.36. The van der Waals surface area contributed by atoms with Crippen LogP contribution in [0.5, 0.6) is 0 Å². The topological polar surface area (TPSA) is 126 Å². The fraction of sp³-hybridized carbons (Fsp3) is 0.200. The van der Waals surface area contributed by atoms with Crippen LogP contribution in [0.4, 0.5) is 16.0 Å². The molecule has 9 nitrogen and oxygen atoms in total. The van der Waals surface area contributed by atoms with Crippen LogP contribution in [0.25, 0.3) is 5.52 Å². The Morgan fingerprint density at radius 2 is 2.03 bits per heavy atom. The molecule has 4 aromatic rings. The lowest BCUT2D eigenvalue weighted by Crippen LogP contribution is -2.41. The van der Waals surface area contributed by atoms with Crippen molar-refractivity contribution in [2.75, 3.05) is 5.32 Å². The van der Waals surface area contributed by atoms with Gasteiger partial charge in [-0.3, -0.25) is 9.89 Å². The van der Waals surface area contributed by atoms with E-state index in [-0.39, 0.29) is 11.7 Å². The third kappa shape index (κ3) is 3.98. The molecule has 4 rings (SSSR count). The number of H-pyrrole nitrogens is 1. The zero-order valence-electron chi connectivity index (χ0n) is 16.4. The van der Waals surface area contributed by atoms with Gasteiger partial charge in [0.25, 0.3) is 0 Å². The van der Waals surface area contributed by atoms with Gasteiger partial charge in [-0.05, 0) is 43.7 Å². The average Bonchev–Trinajstić information content (AvgIpc) is 3.35. The van der Waals surface area contributed by atoms with Gasteiger partial charge in [0.15, 0.2) is 17.5 Å². The Hall–Kier alpha value is -3.79. The molecule has 0 radical (unpaired) electrons. The summed E-state index contributed by atoms with van der Waals surface area (Å²) in [7, 11) is 0. The highest BCUT2D eigenvalue weighted by molar-refractivity contribution is 5.81. The summed E-state index contributed by atoms with van der Waals surface area (Å²) in [5.41, 5.74) is 7.98. The molecular weight excluding hydrogens is 387 g/mol. The standard InChI is InChI=1S/C20H21FN8O/c1-11-10-16(27-26-11)23-18-15-4-3-9-29(15)28-19(25-18)17(24-20(30)12(2)22)13-5-7-14(21)8-6-13/h3-10,12,17H,22H2,1-2H3,(H,24,30)(H2,23,25,26,27,28)/t12-,17?/m0/s1. The zero-order chi connectivity index (χ0) is 21.3. The first kappa shape index (κ1) is 19.5. The summed E-state index contributed by atoms with van der Waals surface area (Å²) in [5, 5.41) is 17.6. The third-order valence-electron chi connectivity index (χ3n) is 4.52. The molecule has 30 heavy (non-hydrogen) atoms.